The zero-order chi connectivity index (χ0) is 20.3. The van der Waals surface area contributed by atoms with Gasteiger partial charge in [0.1, 0.15) is 24.7 Å². The van der Waals surface area contributed by atoms with Crippen LogP contribution in [0.3, 0.4) is 0 Å². The molecule has 0 fully saturated rings. The second-order valence-electron chi connectivity index (χ2n) is 6.74. The highest BCUT2D eigenvalue weighted by Gasteiger charge is 2.04. The van der Waals surface area contributed by atoms with Crippen LogP contribution in [0, 0.1) is 6.92 Å². The zero-order valence-electron chi connectivity index (χ0n) is 17.1. The molecule has 0 aliphatic rings. The molecule has 2 N–H and O–H groups in total. The van der Waals surface area contributed by atoms with E-state index in [9.17, 15) is 0 Å². The van der Waals surface area contributed by atoms with Crippen molar-refractivity contribution in [2.45, 2.75) is 26.9 Å². The van der Waals surface area contributed by atoms with Gasteiger partial charge in [0.2, 0.25) is 0 Å². The van der Waals surface area contributed by atoms with Gasteiger partial charge >= 0.3 is 0 Å². The number of benzene rings is 2. The minimum absolute atomic E-state index is 0.508. The molecule has 29 heavy (non-hydrogen) atoms. The predicted molar refractivity (Wildman–Crippen MR) is 117 cm³/mol. The van der Waals surface area contributed by atoms with E-state index in [0.717, 1.165) is 30.6 Å². The molecule has 3 aromatic rings. The number of hydrogen-bond acceptors (Lipinski definition) is 3. The molecule has 0 saturated carbocycles. The minimum atomic E-state index is 0.508. The first kappa shape index (κ1) is 20.5. The van der Waals surface area contributed by atoms with Crippen LogP contribution in [0.15, 0.2) is 72.0 Å². The fourth-order valence-corrected chi connectivity index (χ4v) is 2.88. The Hall–Kier alpha value is -3.28. The molecular formula is C23H29N5O. The molecule has 0 saturated heterocycles. The highest BCUT2D eigenvalue weighted by Crippen LogP contribution is 2.10. The number of imidazole rings is 1. The molecule has 0 unspecified atom stereocenters. The third kappa shape index (κ3) is 6.68. The van der Waals surface area contributed by atoms with E-state index in [1.807, 2.05) is 42.7 Å². The van der Waals surface area contributed by atoms with Gasteiger partial charge in [0.15, 0.2) is 5.96 Å². The van der Waals surface area contributed by atoms with Crippen molar-refractivity contribution in [2.24, 2.45) is 4.99 Å². The molecule has 0 radical (unpaired) electrons. The highest BCUT2D eigenvalue weighted by molar-refractivity contribution is 5.79. The van der Waals surface area contributed by atoms with Gasteiger partial charge in [-0.25, -0.2) is 9.98 Å². The van der Waals surface area contributed by atoms with Gasteiger partial charge in [-0.15, -0.1) is 0 Å². The molecule has 0 spiro atoms. The summed E-state index contributed by atoms with van der Waals surface area (Å²) in [6.45, 7) is 7.44. The van der Waals surface area contributed by atoms with Crippen molar-refractivity contribution in [1.29, 1.82) is 0 Å². The smallest absolute Gasteiger partial charge is 0.191 e. The van der Waals surface area contributed by atoms with Gasteiger partial charge in [0.25, 0.3) is 0 Å². The standard InChI is InChI=1S/C23H29N5O/c1-3-24-23(26-14-16-29-21-11-9-19(2)10-12-21)27-17-22-25-13-15-28(22)18-20-7-5-4-6-8-20/h4-13,15H,3,14,16-18H2,1-2H3,(H2,24,26,27). The lowest BCUT2D eigenvalue weighted by Gasteiger charge is -2.12. The summed E-state index contributed by atoms with van der Waals surface area (Å²) in [6, 6.07) is 18.4. The van der Waals surface area contributed by atoms with Crippen molar-refractivity contribution in [3.63, 3.8) is 0 Å². The Morgan fingerprint density at radius 2 is 1.86 bits per heavy atom. The first-order valence-corrected chi connectivity index (χ1v) is 10.00. The fraction of sp³-hybridized carbons (Fsp3) is 0.304. The quantitative estimate of drug-likeness (QED) is 0.333. The molecule has 0 amide bonds. The van der Waals surface area contributed by atoms with Crippen LogP contribution in [0.5, 0.6) is 5.75 Å². The average Bonchev–Trinajstić information content (AvgIpc) is 3.18. The Balaban J connectivity index is 1.51. The number of nitrogens with zero attached hydrogens (tertiary/aromatic N) is 3. The molecule has 0 atom stereocenters. The van der Waals surface area contributed by atoms with Crippen LogP contribution in [-0.2, 0) is 13.1 Å². The normalized spacial score (nSPS) is 11.3. The number of guanidine groups is 1. The predicted octanol–water partition coefficient (Wildman–Crippen LogP) is 3.37. The number of nitrogens with one attached hydrogen (secondary N) is 2. The SMILES string of the molecule is CCNC(=NCc1nccn1Cc1ccccc1)NCCOc1ccc(C)cc1. The van der Waals surface area contributed by atoms with E-state index >= 15 is 0 Å². The van der Waals surface area contributed by atoms with Gasteiger partial charge in [-0.3, -0.25) is 0 Å². The highest BCUT2D eigenvalue weighted by atomic mass is 16.5. The Morgan fingerprint density at radius 1 is 1.07 bits per heavy atom. The Labute approximate surface area is 172 Å². The number of aliphatic imine (C=N–C) groups is 1. The third-order valence-electron chi connectivity index (χ3n) is 4.40. The van der Waals surface area contributed by atoms with Crippen molar-refractivity contribution in [2.75, 3.05) is 19.7 Å². The van der Waals surface area contributed by atoms with E-state index in [1.54, 1.807) is 0 Å². The van der Waals surface area contributed by atoms with Gasteiger partial charge in [-0.1, -0.05) is 48.0 Å². The van der Waals surface area contributed by atoms with Gasteiger partial charge in [-0.05, 0) is 31.5 Å². The molecule has 3 rings (SSSR count). The zero-order valence-corrected chi connectivity index (χ0v) is 17.1. The first-order valence-electron chi connectivity index (χ1n) is 10.00. The number of rotatable bonds is 9. The maximum atomic E-state index is 5.76. The second kappa shape index (κ2) is 10.9. The van der Waals surface area contributed by atoms with E-state index in [0.29, 0.717) is 19.7 Å². The number of aromatic nitrogens is 2. The Bertz CT molecular complexity index is 887. The lowest BCUT2D eigenvalue weighted by molar-refractivity contribution is 0.322. The van der Waals surface area contributed by atoms with Gasteiger partial charge in [-0.2, -0.15) is 0 Å². The molecule has 0 aliphatic carbocycles. The van der Waals surface area contributed by atoms with Crippen molar-refractivity contribution in [3.05, 3.63) is 83.9 Å². The minimum Gasteiger partial charge on any atom is -0.492 e. The van der Waals surface area contributed by atoms with Crippen molar-refractivity contribution in [1.82, 2.24) is 20.2 Å². The van der Waals surface area contributed by atoms with Crippen molar-refractivity contribution >= 4 is 5.96 Å². The summed E-state index contributed by atoms with van der Waals surface area (Å²) in [7, 11) is 0. The lowest BCUT2D eigenvalue weighted by atomic mass is 10.2. The van der Waals surface area contributed by atoms with Crippen LogP contribution in [0.1, 0.15) is 23.9 Å². The number of hydrogen-bond donors (Lipinski definition) is 2. The molecular weight excluding hydrogens is 362 g/mol. The summed E-state index contributed by atoms with van der Waals surface area (Å²) >= 11 is 0. The summed E-state index contributed by atoms with van der Waals surface area (Å²) in [5.74, 6) is 2.57. The summed E-state index contributed by atoms with van der Waals surface area (Å²) in [5, 5.41) is 6.58. The molecule has 0 bridgehead atoms. The second-order valence-corrected chi connectivity index (χ2v) is 6.74. The van der Waals surface area contributed by atoms with Crippen LogP contribution < -0.4 is 15.4 Å². The monoisotopic (exact) mass is 391 g/mol. The van der Waals surface area contributed by atoms with E-state index in [2.05, 4.69) is 63.3 Å². The third-order valence-corrected chi connectivity index (χ3v) is 4.40. The molecule has 1 aromatic heterocycles. The van der Waals surface area contributed by atoms with Gasteiger partial charge < -0.3 is 19.9 Å². The van der Waals surface area contributed by atoms with E-state index in [1.165, 1.54) is 11.1 Å². The lowest BCUT2D eigenvalue weighted by Crippen LogP contribution is -2.39. The average molecular weight is 392 g/mol. The van der Waals surface area contributed by atoms with Gasteiger partial charge in [0, 0.05) is 25.5 Å². The molecule has 152 valence electrons. The van der Waals surface area contributed by atoms with Crippen molar-refractivity contribution in [3.8, 4) is 5.75 Å². The molecule has 1 heterocycles. The maximum absolute atomic E-state index is 5.76. The number of ether oxygens (including phenoxy) is 1. The van der Waals surface area contributed by atoms with E-state index < -0.39 is 0 Å². The summed E-state index contributed by atoms with van der Waals surface area (Å²) in [5.41, 5.74) is 2.47. The summed E-state index contributed by atoms with van der Waals surface area (Å²) in [6.07, 6.45) is 3.82. The van der Waals surface area contributed by atoms with E-state index in [4.69, 9.17) is 4.74 Å². The molecule has 0 aliphatic heterocycles. The largest absolute Gasteiger partial charge is 0.492 e. The molecule has 6 nitrogen and oxygen atoms in total. The summed E-state index contributed by atoms with van der Waals surface area (Å²) < 4.78 is 7.89. The van der Waals surface area contributed by atoms with Crippen LogP contribution in [0.25, 0.3) is 0 Å². The van der Waals surface area contributed by atoms with Crippen LogP contribution in [0.2, 0.25) is 0 Å². The Kier molecular flexibility index (Phi) is 7.69. The van der Waals surface area contributed by atoms with Crippen LogP contribution in [-0.4, -0.2) is 35.2 Å². The van der Waals surface area contributed by atoms with Crippen LogP contribution >= 0.6 is 0 Å². The first-order chi connectivity index (χ1) is 14.2. The summed E-state index contributed by atoms with van der Waals surface area (Å²) in [4.78, 5) is 9.13. The molecule has 2 aromatic carbocycles. The van der Waals surface area contributed by atoms with Crippen LogP contribution in [0.4, 0.5) is 0 Å². The fourth-order valence-electron chi connectivity index (χ4n) is 2.88. The van der Waals surface area contributed by atoms with Crippen molar-refractivity contribution < 1.29 is 4.74 Å². The Morgan fingerprint density at radius 3 is 2.62 bits per heavy atom. The topological polar surface area (TPSA) is 63.5 Å². The molecule has 6 heteroatoms. The maximum Gasteiger partial charge on any atom is 0.191 e. The van der Waals surface area contributed by atoms with Gasteiger partial charge in [0.05, 0.1) is 6.54 Å². The number of aryl methyl sites for hydroxylation is 1. The van der Waals surface area contributed by atoms with E-state index in [-0.39, 0.29) is 0 Å².